The number of carbonyl (C=O) groups is 1. The first kappa shape index (κ1) is 26.4. The molecule has 0 saturated carbocycles. The Morgan fingerprint density at radius 3 is 2.51 bits per heavy atom. The van der Waals surface area contributed by atoms with Crippen molar-refractivity contribution in [3.05, 3.63) is 69.8 Å². The average molecular weight is 500 g/mol. The van der Waals surface area contributed by atoms with Gasteiger partial charge in [0.2, 0.25) is 0 Å². The van der Waals surface area contributed by atoms with Crippen LogP contribution in [-0.2, 0) is 20.0 Å². The zero-order valence-electron chi connectivity index (χ0n) is 21.3. The highest BCUT2D eigenvalue weighted by Crippen LogP contribution is 2.38. The minimum absolute atomic E-state index is 0.195. The molecule has 1 amide bonds. The van der Waals surface area contributed by atoms with Gasteiger partial charge in [-0.25, -0.2) is 4.98 Å². The van der Waals surface area contributed by atoms with Gasteiger partial charge in [-0.2, -0.15) is 0 Å². The molecule has 35 heavy (non-hydrogen) atoms. The third kappa shape index (κ3) is 5.90. The number of imidazole rings is 1. The number of rotatable bonds is 10. The summed E-state index contributed by atoms with van der Waals surface area (Å²) in [5.74, 6) is 2.04. The lowest BCUT2D eigenvalue weighted by Gasteiger charge is -2.24. The monoisotopic (exact) mass is 499 g/mol. The van der Waals surface area contributed by atoms with Crippen molar-refractivity contribution in [2.75, 3.05) is 20.8 Å². The van der Waals surface area contributed by atoms with Gasteiger partial charge in [0, 0.05) is 25.7 Å². The highest BCUT2D eigenvalue weighted by molar-refractivity contribution is 6.35. The van der Waals surface area contributed by atoms with E-state index in [-0.39, 0.29) is 16.7 Å². The van der Waals surface area contributed by atoms with Gasteiger partial charge in [0.25, 0.3) is 5.91 Å². The molecule has 3 rings (SSSR count). The summed E-state index contributed by atoms with van der Waals surface area (Å²) >= 11 is 6.57. The Kier molecular flexibility index (Phi) is 8.67. The Labute approximate surface area is 212 Å². The van der Waals surface area contributed by atoms with E-state index < -0.39 is 0 Å². The zero-order valence-corrected chi connectivity index (χ0v) is 22.0. The number of phenols is 1. The topological polar surface area (TPSA) is 76.8 Å². The molecule has 0 atom stereocenters. The second kappa shape index (κ2) is 11.5. The molecule has 8 heteroatoms. The fraction of sp³-hybridized carbons (Fsp3) is 0.407. The lowest BCUT2D eigenvalue weighted by molar-refractivity contribution is 0.0729. The largest absolute Gasteiger partial charge is 0.508 e. The summed E-state index contributed by atoms with van der Waals surface area (Å²) in [6.07, 6.45) is 1.35. The molecule has 0 aliphatic rings. The van der Waals surface area contributed by atoms with E-state index in [0.29, 0.717) is 42.5 Å². The van der Waals surface area contributed by atoms with Crippen LogP contribution >= 0.6 is 11.6 Å². The molecule has 0 unspecified atom stereocenters. The number of ether oxygens (including phenoxy) is 2. The minimum atomic E-state index is -0.195. The van der Waals surface area contributed by atoms with Gasteiger partial charge >= 0.3 is 0 Å². The minimum Gasteiger partial charge on any atom is -0.508 e. The number of para-hydroxylation sites is 1. The van der Waals surface area contributed by atoms with Crippen molar-refractivity contribution in [2.24, 2.45) is 13.0 Å². The summed E-state index contributed by atoms with van der Waals surface area (Å²) in [4.78, 5) is 20.3. The number of halogens is 1. The first-order valence-electron chi connectivity index (χ1n) is 11.7. The second-order valence-electron chi connectivity index (χ2n) is 9.00. The molecule has 1 heterocycles. The van der Waals surface area contributed by atoms with Crippen LogP contribution in [0, 0.1) is 12.8 Å². The maximum Gasteiger partial charge on any atom is 0.255 e. The van der Waals surface area contributed by atoms with Crippen molar-refractivity contribution in [2.45, 2.75) is 40.2 Å². The molecule has 3 aromatic rings. The first-order valence-corrected chi connectivity index (χ1v) is 12.0. The van der Waals surface area contributed by atoms with Crippen molar-refractivity contribution in [3.8, 4) is 17.2 Å². The molecule has 0 saturated heterocycles. The maximum atomic E-state index is 13.7. The van der Waals surface area contributed by atoms with Crippen LogP contribution in [-0.4, -0.2) is 46.2 Å². The van der Waals surface area contributed by atoms with Crippen molar-refractivity contribution in [3.63, 3.8) is 0 Å². The normalized spacial score (nSPS) is 11.1. The quantitative estimate of drug-likeness (QED) is 0.405. The molecule has 0 radical (unpaired) electrons. The average Bonchev–Trinajstić information content (AvgIpc) is 3.09. The van der Waals surface area contributed by atoms with E-state index in [1.807, 2.05) is 30.7 Å². The van der Waals surface area contributed by atoms with E-state index in [4.69, 9.17) is 26.1 Å². The summed E-state index contributed by atoms with van der Waals surface area (Å²) in [5.41, 5.74) is 3.02. The second-order valence-corrected chi connectivity index (χ2v) is 9.37. The van der Waals surface area contributed by atoms with Crippen molar-refractivity contribution in [1.82, 2.24) is 14.5 Å². The van der Waals surface area contributed by atoms with Crippen LogP contribution in [0.15, 0.2) is 36.4 Å². The molecule has 188 valence electrons. The Balaban J connectivity index is 1.93. The van der Waals surface area contributed by atoms with Crippen LogP contribution in [0.2, 0.25) is 5.02 Å². The molecule has 1 N–H and O–H groups in total. The van der Waals surface area contributed by atoms with Gasteiger partial charge in [0.15, 0.2) is 11.5 Å². The van der Waals surface area contributed by atoms with Crippen LogP contribution in [0.4, 0.5) is 0 Å². The number of methoxy groups -OCH3 is 2. The maximum absolute atomic E-state index is 13.7. The number of nitrogens with zero attached hydrogens (tertiary/aromatic N) is 3. The smallest absolute Gasteiger partial charge is 0.255 e. The van der Waals surface area contributed by atoms with E-state index in [2.05, 4.69) is 13.8 Å². The fourth-order valence-electron chi connectivity index (χ4n) is 3.91. The third-order valence-electron chi connectivity index (χ3n) is 6.23. The van der Waals surface area contributed by atoms with Gasteiger partial charge in [-0.15, -0.1) is 0 Å². The van der Waals surface area contributed by atoms with Gasteiger partial charge in [-0.3, -0.25) is 4.79 Å². The van der Waals surface area contributed by atoms with E-state index in [1.54, 1.807) is 29.2 Å². The van der Waals surface area contributed by atoms with Crippen molar-refractivity contribution >= 4 is 17.5 Å². The molecule has 1 aromatic heterocycles. The van der Waals surface area contributed by atoms with Crippen molar-refractivity contribution < 1.29 is 19.4 Å². The molecule has 0 fully saturated rings. The van der Waals surface area contributed by atoms with Crippen LogP contribution in [0.3, 0.4) is 0 Å². The number of benzene rings is 2. The van der Waals surface area contributed by atoms with Crippen LogP contribution < -0.4 is 9.47 Å². The van der Waals surface area contributed by atoms with Gasteiger partial charge < -0.3 is 24.0 Å². The van der Waals surface area contributed by atoms with Crippen LogP contribution in [0.5, 0.6) is 17.2 Å². The molecular weight excluding hydrogens is 466 g/mol. The van der Waals surface area contributed by atoms with E-state index >= 15 is 0 Å². The Morgan fingerprint density at radius 1 is 1.17 bits per heavy atom. The number of aromatic hydroxyl groups is 1. The highest BCUT2D eigenvalue weighted by atomic mass is 35.5. The Bertz CT molecular complexity index is 1190. The van der Waals surface area contributed by atoms with Gasteiger partial charge in [0.1, 0.15) is 11.6 Å². The van der Waals surface area contributed by atoms with E-state index in [9.17, 15) is 9.90 Å². The molecule has 0 bridgehead atoms. The standard InChI is InChI=1S/C27H34ClN3O4/c1-17(2)13-14-31(27(33)20-11-12-23(34-5)26(35-6)25(20)28)16-24-29-21(18(3)30(24)4)15-19-9-7-8-10-22(19)32/h7-12,17,32H,13-16H2,1-6H3. The van der Waals surface area contributed by atoms with Crippen LogP contribution in [0.1, 0.15) is 53.4 Å². The number of hydrogen-bond acceptors (Lipinski definition) is 5. The molecule has 2 aromatic carbocycles. The van der Waals surface area contributed by atoms with Crippen molar-refractivity contribution in [1.29, 1.82) is 0 Å². The Morgan fingerprint density at radius 2 is 1.89 bits per heavy atom. The van der Waals surface area contributed by atoms with E-state index in [0.717, 1.165) is 29.2 Å². The predicted molar refractivity (Wildman–Crippen MR) is 138 cm³/mol. The molecule has 0 aliphatic heterocycles. The van der Waals surface area contributed by atoms with Gasteiger partial charge in [-0.05, 0) is 43.0 Å². The molecule has 7 nitrogen and oxygen atoms in total. The Hall–Kier alpha value is -3.19. The van der Waals surface area contributed by atoms with Gasteiger partial charge in [-0.1, -0.05) is 43.6 Å². The number of aromatic nitrogens is 2. The lowest BCUT2D eigenvalue weighted by Crippen LogP contribution is -2.33. The third-order valence-corrected chi connectivity index (χ3v) is 6.61. The first-order chi connectivity index (χ1) is 16.7. The fourth-order valence-corrected chi connectivity index (χ4v) is 4.22. The lowest BCUT2D eigenvalue weighted by atomic mass is 10.1. The number of hydrogen-bond donors (Lipinski definition) is 1. The van der Waals surface area contributed by atoms with E-state index in [1.165, 1.54) is 14.2 Å². The summed E-state index contributed by atoms with van der Waals surface area (Å²) < 4.78 is 12.7. The number of amides is 1. The zero-order chi connectivity index (χ0) is 25.7. The predicted octanol–water partition coefficient (Wildman–Crippen LogP) is 5.38. The summed E-state index contributed by atoms with van der Waals surface area (Å²) in [7, 11) is 4.97. The molecule has 0 aliphatic carbocycles. The number of carbonyl (C=O) groups excluding carboxylic acids is 1. The summed E-state index contributed by atoms with van der Waals surface area (Å²) in [6.45, 7) is 7.14. The highest BCUT2D eigenvalue weighted by Gasteiger charge is 2.25. The van der Waals surface area contributed by atoms with Gasteiger partial charge in [0.05, 0.1) is 37.0 Å². The van der Waals surface area contributed by atoms with Crippen LogP contribution in [0.25, 0.3) is 0 Å². The SMILES string of the molecule is COc1ccc(C(=O)N(CCC(C)C)Cc2nc(Cc3ccccc3O)c(C)n2C)c(Cl)c1OC. The number of phenolic OH excluding ortho intramolecular Hbond substituents is 1. The summed E-state index contributed by atoms with van der Waals surface area (Å²) in [5, 5.41) is 10.4. The molecule has 0 spiro atoms. The molecular formula is C27H34ClN3O4. The summed E-state index contributed by atoms with van der Waals surface area (Å²) in [6, 6.07) is 10.6.